The van der Waals surface area contributed by atoms with Crippen LogP contribution in [-0.4, -0.2) is 142 Å². The lowest BCUT2D eigenvalue weighted by atomic mass is 9.98. The number of aliphatic hydroxyl groups excluding tert-OH is 7. The van der Waals surface area contributed by atoms with E-state index in [1.807, 2.05) is 6.92 Å². The Morgan fingerprint density at radius 3 is 1.87 bits per heavy atom. The van der Waals surface area contributed by atoms with Crippen molar-refractivity contribution in [3.8, 4) is 0 Å². The molecule has 304 valence electrons. The van der Waals surface area contributed by atoms with E-state index in [-0.39, 0.29) is 19.6 Å². The second kappa shape index (κ2) is 28.0. The minimum atomic E-state index is -1.70. The molecule has 11 atom stereocenters. The van der Waals surface area contributed by atoms with Crippen molar-refractivity contribution in [3.63, 3.8) is 0 Å². The Morgan fingerprint density at radius 1 is 0.635 bits per heavy atom. The zero-order valence-electron chi connectivity index (χ0n) is 31.3. The Morgan fingerprint density at radius 2 is 1.21 bits per heavy atom. The van der Waals surface area contributed by atoms with Gasteiger partial charge in [-0.15, -0.1) is 0 Å². The molecular formula is C38H68O14. The van der Waals surface area contributed by atoms with Gasteiger partial charge in [0.15, 0.2) is 12.6 Å². The molecule has 0 aromatic heterocycles. The highest BCUT2D eigenvalue weighted by Gasteiger charge is 2.47. The fourth-order valence-electron chi connectivity index (χ4n) is 5.89. The molecule has 0 amide bonds. The van der Waals surface area contributed by atoms with E-state index in [0.29, 0.717) is 13.0 Å². The largest absolute Gasteiger partial charge is 0.457 e. The predicted octanol–water partition coefficient (Wildman–Crippen LogP) is 2.56. The molecule has 2 aliphatic heterocycles. The van der Waals surface area contributed by atoms with E-state index in [9.17, 15) is 40.5 Å². The number of rotatable bonds is 28. The number of carbonyl (C=O) groups excluding carboxylic acids is 1. The van der Waals surface area contributed by atoms with Crippen molar-refractivity contribution in [3.05, 3.63) is 24.3 Å². The molecule has 0 radical (unpaired) electrons. The molecule has 0 saturated carbocycles. The number of aliphatic hydroxyl groups is 7. The first-order chi connectivity index (χ1) is 25.1. The highest BCUT2D eigenvalue weighted by molar-refractivity contribution is 5.69. The second-order valence-corrected chi connectivity index (χ2v) is 13.8. The van der Waals surface area contributed by atoms with Crippen LogP contribution >= 0.6 is 0 Å². The third-order valence-electron chi connectivity index (χ3n) is 9.21. The Balaban J connectivity index is 1.77. The molecule has 2 rings (SSSR count). The zero-order valence-corrected chi connectivity index (χ0v) is 31.3. The topological polar surface area (TPSA) is 214 Å². The van der Waals surface area contributed by atoms with Gasteiger partial charge in [-0.25, -0.2) is 0 Å². The van der Waals surface area contributed by atoms with Crippen LogP contribution in [-0.2, 0) is 33.2 Å². The summed E-state index contributed by atoms with van der Waals surface area (Å²) >= 11 is 0. The van der Waals surface area contributed by atoms with Crippen LogP contribution in [0.1, 0.15) is 110 Å². The maximum Gasteiger partial charge on any atom is 0.306 e. The number of unbranched alkanes of at least 4 members (excludes halogenated alkanes) is 10. The number of allylic oxidation sites excluding steroid dienone is 4. The number of ether oxygens (including phenoxy) is 6. The summed E-state index contributed by atoms with van der Waals surface area (Å²) in [7, 11) is 0. The quantitative estimate of drug-likeness (QED) is 0.0348. The number of hydrogen-bond donors (Lipinski definition) is 7. The van der Waals surface area contributed by atoms with E-state index in [1.165, 1.54) is 25.7 Å². The van der Waals surface area contributed by atoms with Crippen LogP contribution in [0.15, 0.2) is 24.3 Å². The molecule has 2 saturated heterocycles. The van der Waals surface area contributed by atoms with Crippen LogP contribution in [0.5, 0.6) is 0 Å². The van der Waals surface area contributed by atoms with Crippen LogP contribution in [0, 0.1) is 0 Å². The highest BCUT2D eigenvalue weighted by Crippen LogP contribution is 2.26. The van der Waals surface area contributed by atoms with Crippen LogP contribution < -0.4 is 0 Å². The average Bonchev–Trinajstić information content (AvgIpc) is 3.14. The van der Waals surface area contributed by atoms with Crippen LogP contribution in [0.4, 0.5) is 0 Å². The number of carbonyl (C=O) groups is 1. The van der Waals surface area contributed by atoms with Gasteiger partial charge in [-0.2, -0.15) is 0 Å². The summed E-state index contributed by atoms with van der Waals surface area (Å²) in [5.41, 5.74) is 0. The van der Waals surface area contributed by atoms with Crippen molar-refractivity contribution in [1.29, 1.82) is 0 Å². The van der Waals surface area contributed by atoms with Gasteiger partial charge in [-0.1, -0.05) is 89.5 Å². The number of hydrogen-bond acceptors (Lipinski definition) is 14. The van der Waals surface area contributed by atoms with Gasteiger partial charge in [-0.3, -0.25) is 4.79 Å². The molecule has 11 unspecified atom stereocenters. The van der Waals surface area contributed by atoms with Gasteiger partial charge >= 0.3 is 5.97 Å². The van der Waals surface area contributed by atoms with E-state index >= 15 is 0 Å². The molecule has 2 heterocycles. The summed E-state index contributed by atoms with van der Waals surface area (Å²) in [5.74, 6) is -0.407. The van der Waals surface area contributed by atoms with Gasteiger partial charge in [0.25, 0.3) is 0 Å². The summed E-state index contributed by atoms with van der Waals surface area (Å²) < 4.78 is 33.7. The Bertz CT molecular complexity index is 964. The molecule has 0 spiro atoms. The lowest BCUT2D eigenvalue weighted by molar-refractivity contribution is -0.332. The first kappa shape index (κ1) is 46.6. The van der Waals surface area contributed by atoms with Gasteiger partial charge in [0.05, 0.1) is 26.4 Å². The van der Waals surface area contributed by atoms with Crippen LogP contribution in [0.2, 0.25) is 0 Å². The highest BCUT2D eigenvalue weighted by atomic mass is 16.7. The fraction of sp³-hybridized carbons (Fsp3) is 0.868. The van der Waals surface area contributed by atoms with E-state index in [4.69, 9.17) is 28.4 Å². The lowest BCUT2D eigenvalue weighted by Crippen LogP contribution is -2.61. The van der Waals surface area contributed by atoms with Crippen LogP contribution in [0.3, 0.4) is 0 Å². The first-order valence-electron chi connectivity index (χ1n) is 19.4. The normalized spacial score (nSPS) is 30.3. The average molecular weight is 749 g/mol. The van der Waals surface area contributed by atoms with E-state index in [0.717, 1.165) is 57.8 Å². The summed E-state index contributed by atoms with van der Waals surface area (Å²) in [5, 5.41) is 71.3. The van der Waals surface area contributed by atoms with Crippen molar-refractivity contribution >= 4 is 5.97 Å². The molecule has 0 bridgehead atoms. The zero-order chi connectivity index (χ0) is 38.1. The molecule has 0 aromatic carbocycles. The third kappa shape index (κ3) is 17.7. The van der Waals surface area contributed by atoms with Crippen molar-refractivity contribution < 1.29 is 69.0 Å². The monoisotopic (exact) mass is 748 g/mol. The molecule has 14 heteroatoms. The maximum absolute atomic E-state index is 12.5. The van der Waals surface area contributed by atoms with Gasteiger partial charge < -0.3 is 64.2 Å². The Hall–Kier alpha value is -1.53. The van der Waals surface area contributed by atoms with Crippen molar-refractivity contribution in [2.24, 2.45) is 0 Å². The van der Waals surface area contributed by atoms with Gasteiger partial charge in [-0.05, 0) is 38.5 Å². The molecule has 7 N–H and O–H groups in total. The molecule has 0 aliphatic carbocycles. The summed E-state index contributed by atoms with van der Waals surface area (Å²) in [6.07, 6.45) is 7.84. The fourth-order valence-corrected chi connectivity index (χ4v) is 5.89. The number of esters is 1. The summed E-state index contributed by atoms with van der Waals surface area (Å²) in [6.45, 7) is 3.40. The first-order valence-corrected chi connectivity index (χ1v) is 19.4. The Labute approximate surface area is 309 Å². The lowest BCUT2D eigenvalue weighted by Gasteiger charge is -2.42. The second-order valence-electron chi connectivity index (χ2n) is 13.8. The minimum absolute atomic E-state index is 0.0529. The van der Waals surface area contributed by atoms with E-state index in [2.05, 4.69) is 31.2 Å². The van der Waals surface area contributed by atoms with Crippen molar-refractivity contribution in [1.82, 2.24) is 0 Å². The van der Waals surface area contributed by atoms with Gasteiger partial charge in [0.2, 0.25) is 0 Å². The van der Waals surface area contributed by atoms with Crippen LogP contribution in [0.25, 0.3) is 0 Å². The van der Waals surface area contributed by atoms with Crippen molar-refractivity contribution in [2.45, 2.75) is 178 Å². The SMILES string of the molecule is CCCC/C=C\C/C=C\CCCCCCCCOCC(COC1OC(COC2OC(CO)C(O)C(O)C2O)C(O)C(O)C1O)OC(=O)CCCCC. The van der Waals surface area contributed by atoms with E-state index < -0.39 is 86.7 Å². The molecule has 2 fully saturated rings. The Kier molecular flexibility index (Phi) is 25.1. The molecular weight excluding hydrogens is 680 g/mol. The molecule has 14 nitrogen and oxygen atoms in total. The van der Waals surface area contributed by atoms with Gasteiger partial charge in [0, 0.05) is 13.0 Å². The maximum atomic E-state index is 12.5. The standard InChI is InChI=1S/C38H68O14/c1-3-5-7-8-9-10-11-12-13-14-15-16-17-18-20-22-47-24-27(50-30(40)21-19-6-4-2)25-48-37-36(46)34(44)32(42)29(52-37)26-49-38-35(45)33(43)31(41)28(23-39)51-38/h8-9,11-12,27-29,31-39,41-46H,3-7,10,13-26H2,1-2H3/b9-8-,12-11-. The summed E-state index contributed by atoms with van der Waals surface area (Å²) in [6, 6.07) is 0. The van der Waals surface area contributed by atoms with E-state index in [1.54, 1.807) is 0 Å². The van der Waals surface area contributed by atoms with Gasteiger partial charge in [0.1, 0.15) is 54.9 Å². The van der Waals surface area contributed by atoms with Crippen molar-refractivity contribution in [2.75, 3.05) is 33.0 Å². The third-order valence-corrected chi connectivity index (χ3v) is 9.21. The molecule has 52 heavy (non-hydrogen) atoms. The molecule has 0 aromatic rings. The minimum Gasteiger partial charge on any atom is -0.457 e. The smallest absolute Gasteiger partial charge is 0.306 e. The summed E-state index contributed by atoms with van der Waals surface area (Å²) in [4.78, 5) is 12.5. The molecule has 2 aliphatic rings. The predicted molar refractivity (Wildman–Crippen MR) is 192 cm³/mol.